The predicted molar refractivity (Wildman–Crippen MR) is 53.8 cm³/mol. The van der Waals surface area contributed by atoms with E-state index >= 15 is 0 Å². The van der Waals surface area contributed by atoms with Crippen LogP contribution in [0, 0.1) is 0 Å². The van der Waals surface area contributed by atoms with Crippen molar-refractivity contribution in [3.05, 3.63) is 24.2 Å². The number of hydrogen-bond acceptors (Lipinski definition) is 3. The average molecular weight is 195 g/mol. The summed E-state index contributed by atoms with van der Waals surface area (Å²) in [7, 11) is 2.01. The van der Waals surface area contributed by atoms with Gasteiger partial charge >= 0.3 is 0 Å². The molecule has 0 atom stereocenters. The molecule has 2 rings (SSSR count). The van der Waals surface area contributed by atoms with Gasteiger partial charge in [0.2, 0.25) is 0 Å². The lowest BCUT2D eigenvalue weighted by Gasteiger charge is -2.39. The highest BCUT2D eigenvalue weighted by molar-refractivity contribution is 4.98. The molecular weight excluding hydrogens is 178 g/mol. The molecule has 14 heavy (non-hydrogen) atoms. The number of furan rings is 1. The van der Waals surface area contributed by atoms with E-state index in [-0.39, 0.29) is 0 Å². The summed E-state index contributed by atoms with van der Waals surface area (Å²) in [5, 5.41) is 9.94. The third-order valence-electron chi connectivity index (χ3n) is 2.85. The van der Waals surface area contributed by atoms with Crippen molar-refractivity contribution in [2.24, 2.45) is 0 Å². The SMILES string of the molecule is CN(Cc1ccco1)CC1(O)CCC1. The Kier molecular flexibility index (Phi) is 2.61. The van der Waals surface area contributed by atoms with Gasteiger partial charge in [-0.05, 0) is 38.4 Å². The molecule has 0 radical (unpaired) electrons. The van der Waals surface area contributed by atoms with E-state index in [2.05, 4.69) is 4.90 Å². The Bertz CT molecular complexity index is 277. The van der Waals surface area contributed by atoms with Crippen LogP contribution in [0.2, 0.25) is 0 Å². The van der Waals surface area contributed by atoms with Crippen LogP contribution in [0.15, 0.2) is 22.8 Å². The molecule has 0 aromatic carbocycles. The van der Waals surface area contributed by atoms with Crippen LogP contribution in [0.3, 0.4) is 0 Å². The first-order valence-corrected chi connectivity index (χ1v) is 5.11. The van der Waals surface area contributed by atoms with Gasteiger partial charge in [-0.2, -0.15) is 0 Å². The maximum absolute atomic E-state index is 9.94. The van der Waals surface area contributed by atoms with Gasteiger partial charge in [0.05, 0.1) is 18.4 Å². The Morgan fingerprint density at radius 3 is 2.86 bits per heavy atom. The zero-order chi connectivity index (χ0) is 10.0. The van der Waals surface area contributed by atoms with Crippen molar-refractivity contribution < 1.29 is 9.52 Å². The maximum atomic E-state index is 9.94. The summed E-state index contributed by atoms with van der Waals surface area (Å²) in [4.78, 5) is 2.11. The second kappa shape index (κ2) is 3.75. The van der Waals surface area contributed by atoms with E-state index in [0.29, 0.717) is 0 Å². The monoisotopic (exact) mass is 195 g/mol. The quantitative estimate of drug-likeness (QED) is 0.793. The van der Waals surface area contributed by atoms with E-state index < -0.39 is 5.60 Å². The van der Waals surface area contributed by atoms with E-state index in [1.165, 1.54) is 0 Å². The first-order chi connectivity index (χ1) is 6.68. The van der Waals surface area contributed by atoms with Crippen molar-refractivity contribution in [1.82, 2.24) is 4.90 Å². The van der Waals surface area contributed by atoms with Crippen LogP contribution in [-0.4, -0.2) is 29.2 Å². The summed E-state index contributed by atoms with van der Waals surface area (Å²) in [5.74, 6) is 0.954. The molecule has 0 bridgehead atoms. The van der Waals surface area contributed by atoms with Crippen LogP contribution >= 0.6 is 0 Å². The average Bonchev–Trinajstić information content (AvgIpc) is 2.53. The number of aliphatic hydroxyl groups is 1. The highest BCUT2D eigenvalue weighted by Crippen LogP contribution is 2.32. The van der Waals surface area contributed by atoms with Crippen LogP contribution in [0.5, 0.6) is 0 Å². The smallest absolute Gasteiger partial charge is 0.117 e. The molecular formula is C11H17NO2. The standard InChI is InChI=1S/C11H17NO2/c1-12(8-10-4-2-7-14-10)9-11(13)5-3-6-11/h2,4,7,13H,3,5-6,8-9H2,1H3. The van der Waals surface area contributed by atoms with E-state index in [1.807, 2.05) is 19.2 Å². The molecule has 1 aromatic rings. The van der Waals surface area contributed by atoms with Gasteiger partial charge in [-0.25, -0.2) is 0 Å². The van der Waals surface area contributed by atoms with Crippen molar-refractivity contribution in [1.29, 1.82) is 0 Å². The lowest BCUT2D eigenvalue weighted by atomic mass is 9.80. The van der Waals surface area contributed by atoms with Gasteiger partial charge in [0.1, 0.15) is 5.76 Å². The molecule has 1 aliphatic carbocycles. The molecule has 78 valence electrons. The van der Waals surface area contributed by atoms with Crippen molar-refractivity contribution in [3.63, 3.8) is 0 Å². The summed E-state index contributed by atoms with van der Waals surface area (Å²) in [5.41, 5.74) is -0.429. The Morgan fingerprint density at radius 1 is 1.57 bits per heavy atom. The minimum absolute atomic E-state index is 0.429. The molecule has 1 N–H and O–H groups in total. The molecule has 1 heterocycles. The molecule has 0 amide bonds. The van der Waals surface area contributed by atoms with Crippen LogP contribution in [0.4, 0.5) is 0 Å². The zero-order valence-electron chi connectivity index (χ0n) is 8.57. The third kappa shape index (κ3) is 2.16. The molecule has 3 heteroatoms. The fourth-order valence-electron chi connectivity index (χ4n) is 1.97. The summed E-state index contributed by atoms with van der Waals surface area (Å²) in [6, 6.07) is 3.85. The molecule has 0 saturated heterocycles. The number of nitrogens with zero attached hydrogens (tertiary/aromatic N) is 1. The topological polar surface area (TPSA) is 36.6 Å². The van der Waals surface area contributed by atoms with Crippen LogP contribution in [-0.2, 0) is 6.54 Å². The molecule has 0 unspecified atom stereocenters. The summed E-state index contributed by atoms with van der Waals surface area (Å²) in [6.45, 7) is 1.52. The summed E-state index contributed by atoms with van der Waals surface area (Å²) in [6.07, 6.45) is 4.72. The molecule has 0 spiro atoms. The van der Waals surface area contributed by atoms with Crippen molar-refractivity contribution in [2.45, 2.75) is 31.4 Å². The maximum Gasteiger partial charge on any atom is 0.117 e. The highest BCUT2D eigenvalue weighted by atomic mass is 16.3. The number of rotatable bonds is 4. The van der Waals surface area contributed by atoms with Crippen LogP contribution in [0.1, 0.15) is 25.0 Å². The molecule has 0 aliphatic heterocycles. The molecule has 1 aliphatic rings. The second-order valence-electron chi connectivity index (χ2n) is 4.33. The first kappa shape index (κ1) is 9.74. The lowest BCUT2D eigenvalue weighted by molar-refractivity contribution is -0.0563. The van der Waals surface area contributed by atoms with Crippen LogP contribution < -0.4 is 0 Å². The van der Waals surface area contributed by atoms with Gasteiger partial charge < -0.3 is 9.52 Å². The zero-order valence-corrected chi connectivity index (χ0v) is 8.57. The third-order valence-corrected chi connectivity index (χ3v) is 2.85. The summed E-state index contributed by atoms with van der Waals surface area (Å²) < 4.78 is 5.25. The molecule has 1 saturated carbocycles. The van der Waals surface area contributed by atoms with Crippen molar-refractivity contribution in [3.8, 4) is 0 Å². The van der Waals surface area contributed by atoms with Gasteiger partial charge in [-0.1, -0.05) is 0 Å². The normalized spacial score (nSPS) is 19.6. The largest absolute Gasteiger partial charge is 0.468 e. The van der Waals surface area contributed by atoms with Gasteiger partial charge in [-0.15, -0.1) is 0 Å². The number of hydrogen-bond donors (Lipinski definition) is 1. The Labute approximate surface area is 84.3 Å². The first-order valence-electron chi connectivity index (χ1n) is 5.11. The number of likely N-dealkylation sites (N-methyl/N-ethyl adjacent to an activating group) is 1. The summed E-state index contributed by atoms with van der Waals surface area (Å²) >= 11 is 0. The van der Waals surface area contributed by atoms with Gasteiger partial charge in [-0.3, -0.25) is 4.90 Å². The fourth-order valence-corrected chi connectivity index (χ4v) is 1.97. The Hall–Kier alpha value is -0.800. The molecule has 1 aromatic heterocycles. The predicted octanol–water partition coefficient (Wildman–Crippen LogP) is 1.63. The van der Waals surface area contributed by atoms with Crippen molar-refractivity contribution in [2.75, 3.05) is 13.6 Å². The Morgan fingerprint density at radius 2 is 2.36 bits per heavy atom. The Balaban J connectivity index is 1.81. The van der Waals surface area contributed by atoms with E-state index in [1.54, 1.807) is 6.26 Å². The van der Waals surface area contributed by atoms with Gasteiger partial charge in [0.25, 0.3) is 0 Å². The molecule has 3 nitrogen and oxygen atoms in total. The van der Waals surface area contributed by atoms with Crippen molar-refractivity contribution >= 4 is 0 Å². The van der Waals surface area contributed by atoms with E-state index in [4.69, 9.17) is 4.42 Å². The minimum atomic E-state index is -0.429. The van der Waals surface area contributed by atoms with E-state index in [9.17, 15) is 5.11 Å². The second-order valence-corrected chi connectivity index (χ2v) is 4.33. The van der Waals surface area contributed by atoms with Crippen LogP contribution in [0.25, 0.3) is 0 Å². The fraction of sp³-hybridized carbons (Fsp3) is 0.636. The van der Waals surface area contributed by atoms with E-state index in [0.717, 1.165) is 38.1 Å². The highest BCUT2D eigenvalue weighted by Gasteiger charge is 2.35. The van der Waals surface area contributed by atoms with Gasteiger partial charge in [0, 0.05) is 6.54 Å². The van der Waals surface area contributed by atoms with Gasteiger partial charge in [0.15, 0.2) is 0 Å². The lowest BCUT2D eigenvalue weighted by Crippen LogP contribution is -2.46. The molecule has 1 fully saturated rings. The minimum Gasteiger partial charge on any atom is -0.468 e.